The lowest BCUT2D eigenvalue weighted by Crippen LogP contribution is -2.47. The Kier molecular flexibility index (Phi) is 4.97. The van der Waals surface area contributed by atoms with Gasteiger partial charge < -0.3 is 10.6 Å². The second-order valence-corrected chi connectivity index (χ2v) is 8.23. The van der Waals surface area contributed by atoms with E-state index in [4.69, 9.17) is 10.2 Å². The van der Waals surface area contributed by atoms with E-state index in [2.05, 4.69) is 37.8 Å². The molecular weight excluding hydrogens is 376 g/mol. The summed E-state index contributed by atoms with van der Waals surface area (Å²) in [6.07, 6.45) is 8.82. The van der Waals surface area contributed by atoms with E-state index in [0.29, 0.717) is 24.5 Å². The Morgan fingerprint density at radius 3 is 2.77 bits per heavy atom. The molecule has 1 unspecified atom stereocenters. The van der Waals surface area contributed by atoms with Gasteiger partial charge in [-0.25, -0.2) is 4.98 Å². The van der Waals surface area contributed by atoms with E-state index in [1.807, 2.05) is 31.4 Å². The molecule has 2 aliphatic heterocycles. The molecule has 2 N–H and O–H groups in total. The molecule has 0 saturated carbocycles. The van der Waals surface area contributed by atoms with Gasteiger partial charge in [0.25, 0.3) is 0 Å². The normalized spacial score (nSPS) is 23.4. The third kappa shape index (κ3) is 3.57. The maximum Gasteiger partial charge on any atom is 0.138 e. The molecular formula is C22H26N8. The van der Waals surface area contributed by atoms with E-state index in [9.17, 15) is 0 Å². The number of rotatable bonds is 6. The number of nitrogens with zero attached hydrogens (tertiary/aromatic N) is 6. The number of aromatic nitrogens is 4. The molecule has 0 amide bonds. The number of aryl methyl sites for hydroxylation is 1. The molecule has 2 saturated heterocycles. The van der Waals surface area contributed by atoms with Crippen molar-refractivity contribution in [2.45, 2.75) is 50.2 Å². The Hall–Kier alpha value is -3.18. The lowest BCUT2D eigenvalue weighted by atomic mass is 9.97. The third-order valence-corrected chi connectivity index (χ3v) is 6.38. The van der Waals surface area contributed by atoms with Crippen LogP contribution >= 0.6 is 0 Å². The molecule has 30 heavy (non-hydrogen) atoms. The van der Waals surface area contributed by atoms with Crippen LogP contribution < -0.4 is 10.6 Å². The number of piperidine rings is 1. The van der Waals surface area contributed by atoms with Gasteiger partial charge in [0.15, 0.2) is 0 Å². The highest BCUT2D eigenvalue weighted by Crippen LogP contribution is 2.37. The minimum absolute atomic E-state index is 0.378. The molecule has 0 spiro atoms. The van der Waals surface area contributed by atoms with Crippen molar-refractivity contribution in [3.8, 4) is 6.07 Å². The van der Waals surface area contributed by atoms with E-state index in [1.54, 1.807) is 10.9 Å². The monoisotopic (exact) mass is 402 g/mol. The van der Waals surface area contributed by atoms with Crippen LogP contribution in [0.15, 0.2) is 36.7 Å². The maximum absolute atomic E-state index is 8.96. The second-order valence-electron chi connectivity index (χ2n) is 8.23. The SMILES string of the molecule is Cn1nccc1Nc1cc2ncccc2c(NC2C[C@H]3CC[C@@H](C2)N3CCC#N)n1. The van der Waals surface area contributed by atoms with Gasteiger partial charge in [-0.3, -0.25) is 14.6 Å². The fourth-order valence-corrected chi connectivity index (χ4v) is 5.01. The minimum Gasteiger partial charge on any atom is -0.367 e. The molecule has 2 fully saturated rings. The van der Waals surface area contributed by atoms with Crippen molar-refractivity contribution in [1.82, 2.24) is 24.6 Å². The van der Waals surface area contributed by atoms with Crippen LogP contribution in [0.25, 0.3) is 10.9 Å². The van der Waals surface area contributed by atoms with E-state index in [-0.39, 0.29) is 0 Å². The van der Waals surface area contributed by atoms with Crippen LogP contribution in [0.2, 0.25) is 0 Å². The van der Waals surface area contributed by atoms with Gasteiger partial charge in [0, 0.05) is 61.9 Å². The van der Waals surface area contributed by atoms with Crippen LogP contribution in [0.1, 0.15) is 32.1 Å². The van der Waals surface area contributed by atoms with E-state index >= 15 is 0 Å². The lowest BCUT2D eigenvalue weighted by Gasteiger charge is -2.39. The van der Waals surface area contributed by atoms with E-state index < -0.39 is 0 Å². The topological polar surface area (TPSA) is 94.7 Å². The maximum atomic E-state index is 8.96. The molecule has 8 nitrogen and oxygen atoms in total. The van der Waals surface area contributed by atoms with Crippen LogP contribution in [-0.4, -0.2) is 49.3 Å². The number of anilines is 3. The van der Waals surface area contributed by atoms with Crippen molar-refractivity contribution in [3.63, 3.8) is 0 Å². The van der Waals surface area contributed by atoms with Crippen LogP contribution in [0.4, 0.5) is 17.5 Å². The summed E-state index contributed by atoms with van der Waals surface area (Å²) in [5.41, 5.74) is 0.911. The average molecular weight is 403 g/mol. The Morgan fingerprint density at radius 1 is 1.20 bits per heavy atom. The summed E-state index contributed by atoms with van der Waals surface area (Å²) in [5.74, 6) is 2.51. The van der Waals surface area contributed by atoms with E-state index in [1.165, 1.54) is 12.8 Å². The molecule has 0 aliphatic carbocycles. The number of nitrogens with one attached hydrogen (secondary N) is 2. The third-order valence-electron chi connectivity index (χ3n) is 6.38. The van der Waals surface area contributed by atoms with Crippen LogP contribution in [-0.2, 0) is 7.05 Å². The van der Waals surface area contributed by atoms with Gasteiger partial charge in [0.2, 0.25) is 0 Å². The zero-order chi connectivity index (χ0) is 20.5. The minimum atomic E-state index is 0.378. The standard InChI is InChI=1S/C22H26N8/c1-29-21(7-10-25-29)27-20-14-19-18(4-2-9-24-19)22(28-20)26-15-12-16-5-6-17(13-15)30(16)11-3-8-23/h2,4,7,9-10,14-17H,3,5-6,11-13H2,1H3,(H2,26,27,28)/t15?,16-,17+. The first-order valence-corrected chi connectivity index (χ1v) is 10.6. The summed E-state index contributed by atoms with van der Waals surface area (Å²) in [4.78, 5) is 12.0. The molecule has 3 aromatic rings. The van der Waals surface area contributed by atoms with Crippen LogP contribution in [0.5, 0.6) is 0 Å². The van der Waals surface area contributed by atoms with Gasteiger partial charge in [-0.2, -0.15) is 10.4 Å². The van der Waals surface area contributed by atoms with Gasteiger partial charge >= 0.3 is 0 Å². The highest BCUT2D eigenvalue weighted by molar-refractivity contribution is 5.91. The number of hydrogen-bond acceptors (Lipinski definition) is 7. The summed E-state index contributed by atoms with van der Waals surface area (Å²) in [6, 6.07) is 11.7. The predicted octanol–water partition coefficient (Wildman–Crippen LogP) is 3.43. The summed E-state index contributed by atoms with van der Waals surface area (Å²) in [6.45, 7) is 0.897. The van der Waals surface area contributed by atoms with E-state index in [0.717, 1.165) is 47.7 Å². The molecule has 0 aromatic carbocycles. The number of pyridine rings is 2. The molecule has 8 heteroatoms. The highest BCUT2D eigenvalue weighted by atomic mass is 15.3. The first kappa shape index (κ1) is 18.8. The zero-order valence-corrected chi connectivity index (χ0v) is 17.1. The first-order valence-electron chi connectivity index (χ1n) is 10.6. The Bertz CT molecular complexity index is 1070. The molecule has 154 valence electrons. The Morgan fingerprint density at radius 2 is 2.03 bits per heavy atom. The van der Waals surface area contributed by atoms with Crippen molar-refractivity contribution in [2.24, 2.45) is 7.05 Å². The van der Waals surface area contributed by atoms with Crippen molar-refractivity contribution >= 4 is 28.4 Å². The van der Waals surface area contributed by atoms with Crippen molar-refractivity contribution in [2.75, 3.05) is 17.2 Å². The summed E-state index contributed by atoms with van der Waals surface area (Å²) in [5, 5.41) is 21.3. The molecule has 3 atom stereocenters. The largest absolute Gasteiger partial charge is 0.367 e. The zero-order valence-electron chi connectivity index (χ0n) is 17.1. The predicted molar refractivity (Wildman–Crippen MR) is 116 cm³/mol. The van der Waals surface area contributed by atoms with Gasteiger partial charge in [-0.1, -0.05) is 0 Å². The lowest BCUT2D eigenvalue weighted by molar-refractivity contribution is 0.136. The van der Waals surface area contributed by atoms with Gasteiger partial charge in [0.1, 0.15) is 17.5 Å². The van der Waals surface area contributed by atoms with Gasteiger partial charge in [-0.15, -0.1) is 0 Å². The summed E-state index contributed by atoms with van der Waals surface area (Å²) in [7, 11) is 1.90. The van der Waals surface area contributed by atoms with Gasteiger partial charge in [0.05, 0.1) is 17.8 Å². The van der Waals surface area contributed by atoms with Crippen LogP contribution in [0.3, 0.4) is 0 Å². The molecule has 2 bridgehead atoms. The fourth-order valence-electron chi connectivity index (χ4n) is 5.01. The first-order chi connectivity index (χ1) is 14.7. The van der Waals surface area contributed by atoms with Crippen molar-refractivity contribution in [3.05, 3.63) is 36.7 Å². The van der Waals surface area contributed by atoms with Crippen molar-refractivity contribution in [1.29, 1.82) is 5.26 Å². The number of fused-ring (bicyclic) bond motifs is 3. The molecule has 5 rings (SSSR count). The second kappa shape index (κ2) is 7.92. The molecule has 5 heterocycles. The number of nitriles is 1. The van der Waals surface area contributed by atoms with Gasteiger partial charge in [-0.05, 0) is 37.8 Å². The summed E-state index contributed by atoms with van der Waals surface area (Å²) >= 11 is 0. The Labute approximate surface area is 175 Å². The average Bonchev–Trinajstić information content (AvgIpc) is 3.25. The fraction of sp³-hybridized carbons (Fsp3) is 0.455. The highest BCUT2D eigenvalue weighted by Gasteiger charge is 2.40. The molecule has 0 radical (unpaired) electrons. The van der Waals surface area contributed by atoms with Crippen LogP contribution in [0, 0.1) is 11.3 Å². The molecule has 2 aliphatic rings. The molecule has 3 aromatic heterocycles. The van der Waals surface area contributed by atoms with Crippen molar-refractivity contribution < 1.29 is 0 Å². The number of hydrogen-bond donors (Lipinski definition) is 2. The Balaban J connectivity index is 1.39. The quantitative estimate of drug-likeness (QED) is 0.652. The summed E-state index contributed by atoms with van der Waals surface area (Å²) < 4.78 is 1.78. The smallest absolute Gasteiger partial charge is 0.138 e.